The molecule has 1 atom stereocenters. The highest BCUT2D eigenvalue weighted by atomic mass is 15.0. The molecule has 2 nitrogen and oxygen atoms in total. The van der Waals surface area contributed by atoms with Crippen LogP contribution in [0, 0.1) is 11.8 Å². The first-order chi connectivity index (χ1) is 7.84. The molecule has 0 aliphatic carbocycles. The van der Waals surface area contributed by atoms with Crippen LogP contribution in [0.2, 0.25) is 0 Å². The lowest BCUT2D eigenvalue weighted by Crippen LogP contribution is -2.47. The maximum absolute atomic E-state index is 3.60. The SMILES string of the molecule is CCCCCCCCNCC(C)C1CNC1. The normalized spacial score (nSPS) is 18.4. The summed E-state index contributed by atoms with van der Waals surface area (Å²) < 4.78 is 0. The van der Waals surface area contributed by atoms with Gasteiger partial charge in [0.05, 0.1) is 0 Å². The Bertz CT molecular complexity index is 155. The summed E-state index contributed by atoms with van der Waals surface area (Å²) in [6.07, 6.45) is 8.40. The molecule has 16 heavy (non-hydrogen) atoms. The Labute approximate surface area is 102 Å². The van der Waals surface area contributed by atoms with E-state index in [0.717, 1.165) is 11.8 Å². The zero-order chi connectivity index (χ0) is 11.6. The standard InChI is InChI=1S/C14H30N2/c1-3-4-5-6-7-8-9-15-10-13(2)14-11-16-12-14/h13-16H,3-12H2,1-2H3. The molecular formula is C14H30N2. The number of rotatable bonds is 10. The third-order valence-electron chi connectivity index (χ3n) is 3.79. The molecule has 2 heteroatoms. The Hall–Kier alpha value is -0.0800. The molecule has 1 rings (SSSR count). The second kappa shape index (κ2) is 9.00. The van der Waals surface area contributed by atoms with Crippen molar-refractivity contribution < 1.29 is 0 Å². The van der Waals surface area contributed by atoms with Gasteiger partial charge in [-0.3, -0.25) is 0 Å². The van der Waals surface area contributed by atoms with Crippen molar-refractivity contribution in [3.8, 4) is 0 Å². The topological polar surface area (TPSA) is 24.1 Å². The van der Waals surface area contributed by atoms with Gasteiger partial charge in [0, 0.05) is 0 Å². The third kappa shape index (κ3) is 5.86. The lowest BCUT2D eigenvalue weighted by molar-refractivity contribution is 0.243. The van der Waals surface area contributed by atoms with Crippen molar-refractivity contribution in [1.29, 1.82) is 0 Å². The summed E-state index contributed by atoms with van der Waals surface area (Å²) in [5.74, 6) is 1.78. The van der Waals surface area contributed by atoms with Gasteiger partial charge in [-0.1, -0.05) is 46.0 Å². The Morgan fingerprint density at radius 2 is 1.81 bits per heavy atom. The Morgan fingerprint density at radius 1 is 1.12 bits per heavy atom. The van der Waals surface area contributed by atoms with Crippen LogP contribution >= 0.6 is 0 Å². The largest absolute Gasteiger partial charge is 0.316 e. The second-order valence-corrected chi connectivity index (χ2v) is 5.37. The highest BCUT2D eigenvalue weighted by molar-refractivity contribution is 4.80. The van der Waals surface area contributed by atoms with Gasteiger partial charge in [0.1, 0.15) is 0 Å². The first kappa shape index (κ1) is 14.0. The van der Waals surface area contributed by atoms with Gasteiger partial charge in [-0.15, -0.1) is 0 Å². The monoisotopic (exact) mass is 226 g/mol. The third-order valence-corrected chi connectivity index (χ3v) is 3.79. The number of nitrogens with one attached hydrogen (secondary N) is 2. The van der Waals surface area contributed by atoms with Gasteiger partial charge in [0.2, 0.25) is 0 Å². The summed E-state index contributed by atoms with van der Waals surface area (Å²) in [7, 11) is 0. The van der Waals surface area contributed by atoms with Crippen molar-refractivity contribution in [2.24, 2.45) is 11.8 Å². The molecule has 1 unspecified atom stereocenters. The average Bonchev–Trinajstić information content (AvgIpc) is 2.19. The van der Waals surface area contributed by atoms with Crippen molar-refractivity contribution in [1.82, 2.24) is 10.6 Å². The zero-order valence-corrected chi connectivity index (χ0v) is 11.2. The van der Waals surface area contributed by atoms with Crippen LogP contribution in [0.15, 0.2) is 0 Å². The van der Waals surface area contributed by atoms with E-state index < -0.39 is 0 Å². The smallest absolute Gasteiger partial charge is 0.000522 e. The molecule has 2 N–H and O–H groups in total. The van der Waals surface area contributed by atoms with Crippen molar-refractivity contribution in [3.63, 3.8) is 0 Å². The zero-order valence-electron chi connectivity index (χ0n) is 11.2. The predicted octanol–water partition coefficient (Wildman–Crippen LogP) is 2.79. The van der Waals surface area contributed by atoms with Crippen LogP contribution in [0.5, 0.6) is 0 Å². The Balaban J connectivity index is 1.77. The van der Waals surface area contributed by atoms with Crippen molar-refractivity contribution >= 4 is 0 Å². The van der Waals surface area contributed by atoms with Crippen LogP contribution in [0.25, 0.3) is 0 Å². The van der Waals surface area contributed by atoms with E-state index in [9.17, 15) is 0 Å². The predicted molar refractivity (Wildman–Crippen MR) is 71.8 cm³/mol. The van der Waals surface area contributed by atoms with E-state index in [1.807, 2.05) is 0 Å². The lowest BCUT2D eigenvalue weighted by Gasteiger charge is -2.32. The lowest BCUT2D eigenvalue weighted by atomic mass is 9.89. The molecule has 1 fully saturated rings. The van der Waals surface area contributed by atoms with E-state index in [4.69, 9.17) is 0 Å². The van der Waals surface area contributed by atoms with E-state index in [-0.39, 0.29) is 0 Å². The molecule has 0 radical (unpaired) electrons. The molecule has 1 heterocycles. The molecule has 0 spiro atoms. The van der Waals surface area contributed by atoms with Crippen molar-refractivity contribution in [2.75, 3.05) is 26.2 Å². The van der Waals surface area contributed by atoms with Crippen LogP contribution in [-0.2, 0) is 0 Å². The summed E-state index contributed by atoms with van der Waals surface area (Å²) in [5, 5.41) is 6.94. The second-order valence-electron chi connectivity index (χ2n) is 5.37. The quantitative estimate of drug-likeness (QED) is 0.560. The fourth-order valence-corrected chi connectivity index (χ4v) is 2.24. The van der Waals surface area contributed by atoms with E-state index in [2.05, 4.69) is 24.5 Å². The number of unbranched alkanes of at least 4 members (excludes halogenated alkanes) is 5. The average molecular weight is 226 g/mol. The number of hydrogen-bond acceptors (Lipinski definition) is 2. The molecule has 0 saturated carbocycles. The highest BCUT2D eigenvalue weighted by Gasteiger charge is 2.22. The maximum atomic E-state index is 3.60. The summed E-state index contributed by atoms with van der Waals surface area (Å²) in [4.78, 5) is 0. The molecular weight excluding hydrogens is 196 g/mol. The van der Waals surface area contributed by atoms with Crippen molar-refractivity contribution in [3.05, 3.63) is 0 Å². The highest BCUT2D eigenvalue weighted by Crippen LogP contribution is 2.14. The minimum absolute atomic E-state index is 0.848. The molecule has 96 valence electrons. The van der Waals surface area contributed by atoms with E-state index >= 15 is 0 Å². The van der Waals surface area contributed by atoms with Gasteiger partial charge in [-0.2, -0.15) is 0 Å². The molecule has 0 bridgehead atoms. The molecule has 1 aliphatic rings. The maximum Gasteiger partial charge on any atom is -0.000522 e. The fraction of sp³-hybridized carbons (Fsp3) is 1.00. The summed E-state index contributed by atoms with van der Waals surface area (Å²) in [6.45, 7) is 9.55. The molecule has 0 amide bonds. The van der Waals surface area contributed by atoms with E-state index in [1.165, 1.54) is 64.7 Å². The molecule has 0 aromatic carbocycles. The molecule has 1 saturated heterocycles. The summed E-state index contributed by atoms with van der Waals surface area (Å²) in [6, 6.07) is 0. The van der Waals surface area contributed by atoms with Crippen LogP contribution in [-0.4, -0.2) is 26.2 Å². The van der Waals surface area contributed by atoms with Crippen LogP contribution in [0.1, 0.15) is 52.4 Å². The Kier molecular flexibility index (Phi) is 7.87. The molecule has 1 aliphatic heterocycles. The van der Waals surface area contributed by atoms with Gasteiger partial charge in [-0.25, -0.2) is 0 Å². The summed E-state index contributed by atoms with van der Waals surface area (Å²) >= 11 is 0. The van der Waals surface area contributed by atoms with Gasteiger partial charge in [0.25, 0.3) is 0 Å². The fourth-order valence-electron chi connectivity index (χ4n) is 2.24. The first-order valence-corrected chi connectivity index (χ1v) is 7.26. The minimum atomic E-state index is 0.848. The van der Waals surface area contributed by atoms with Gasteiger partial charge in [0.15, 0.2) is 0 Å². The van der Waals surface area contributed by atoms with E-state index in [0.29, 0.717) is 0 Å². The molecule has 0 aromatic heterocycles. The van der Waals surface area contributed by atoms with Gasteiger partial charge >= 0.3 is 0 Å². The van der Waals surface area contributed by atoms with Crippen LogP contribution in [0.3, 0.4) is 0 Å². The molecule has 0 aromatic rings. The van der Waals surface area contributed by atoms with Crippen molar-refractivity contribution in [2.45, 2.75) is 52.4 Å². The Morgan fingerprint density at radius 3 is 2.44 bits per heavy atom. The van der Waals surface area contributed by atoms with Crippen LogP contribution < -0.4 is 10.6 Å². The van der Waals surface area contributed by atoms with Gasteiger partial charge < -0.3 is 10.6 Å². The number of hydrogen-bond donors (Lipinski definition) is 2. The van der Waals surface area contributed by atoms with Crippen LogP contribution in [0.4, 0.5) is 0 Å². The van der Waals surface area contributed by atoms with E-state index in [1.54, 1.807) is 0 Å². The minimum Gasteiger partial charge on any atom is -0.316 e. The summed E-state index contributed by atoms with van der Waals surface area (Å²) in [5.41, 5.74) is 0. The van der Waals surface area contributed by atoms with Gasteiger partial charge in [-0.05, 0) is 44.4 Å². The first-order valence-electron chi connectivity index (χ1n) is 7.26.